The molecule has 1 amide bonds. The summed E-state index contributed by atoms with van der Waals surface area (Å²) in [6.45, 7) is 0. The molecule has 0 atom stereocenters. The first-order valence-electron chi connectivity index (χ1n) is 4.14. The van der Waals surface area contributed by atoms with Crippen LogP contribution >= 0.6 is 0 Å². The van der Waals surface area contributed by atoms with Crippen LogP contribution in [0, 0.1) is 0 Å². The van der Waals surface area contributed by atoms with E-state index in [-0.39, 0.29) is 15.4 Å². The number of sulfone groups is 1. The molecule has 2 rings (SSSR count). The first-order chi connectivity index (χ1) is 7.23. The number of nitrogens with one attached hydrogen (secondary N) is 1. The fourth-order valence-electron chi connectivity index (χ4n) is 1.50. The quantitative estimate of drug-likeness (QED) is 0.736. The number of fused-ring (bicyclic) bond motifs is 1. The first kappa shape index (κ1) is 11.1. The molecule has 0 bridgehead atoms. The van der Waals surface area contributed by atoms with Crippen LogP contribution in [0.4, 0.5) is 0 Å². The second-order valence-corrected chi connectivity index (χ2v) is 6.97. The summed E-state index contributed by atoms with van der Waals surface area (Å²) in [6.07, 6.45) is 0.917. The van der Waals surface area contributed by atoms with Crippen LogP contribution in [0.15, 0.2) is 28.0 Å². The highest BCUT2D eigenvalue weighted by molar-refractivity contribution is 7.91. The van der Waals surface area contributed by atoms with Crippen molar-refractivity contribution in [2.45, 2.75) is 9.79 Å². The minimum atomic E-state index is -3.90. The van der Waals surface area contributed by atoms with Crippen LogP contribution < -0.4 is 4.72 Å². The average Bonchev–Trinajstić information content (AvgIpc) is 2.36. The molecular formula is C8H7NO5S2. The van der Waals surface area contributed by atoms with Gasteiger partial charge in [-0.25, -0.2) is 21.6 Å². The maximum absolute atomic E-state index is 11.4. The van der Waals surface area contributed by atoms with Crippen LogP contribution in [0.1, 0.15) is 10.4 Å². The molecule has 1 heterocycles. The Hall–Kier alpha value is -1.41. The summed E-state index contributed by atoms with van der Waals surface area (Å²) >= 11 is 0. The Balaban J connectivity index is 2.93. The smallest absolute Gasteiger partial charge is 0.267 e. The van der Waals surface area contributed by atoms with Crippen LogP contribution in [0.5, 0.6) is 0 Å². The zero-order chi connectivity index (χ0) is 12.1. The third kappa shape index (κ3) is 1.50. The van der Waals surface area contributed by atoms with Crippen molar-refractivity contribution >= 4 is 25.8 Å². The summed E-state index contributed by atoms with van der Waals surface area (Å²) in [6, 6.07) is 3.68. The van der Waals surface area contributed by atoms with E-state index in [1.54, 1.807) is 4.72 Å². The van der Waals surface area contributed by atoms with E-state index in [1.807, 2.05) is 0 Å². The molecule has 1 aromatic rings. The van der Waals surface area contributed by atoms with Gasteiger partial charge in [0.25, 0.3) is 15.9 Å². The van der Waals surface area contributed by atoms with Crippen LogP contribution in [0.2, 0.25) is 0 Å². The van der Waals surface area contributed by atoms with Crippen molar-refractivity contribution in [1.29, 1.82) is 0 Å². The predicted molar refractivity (Wildman–Crippen MR) is 54.2 cm³/mol. The standard InChI is InChI=1S/C8H7NO5S2/c1-15(11,12)5-3-2-4-6-7(5)8(10)9-16(6,13)14/h2-4H,1H3,(H,9,10). The lowest BCUT2D eigenvalue weighted by atomic mass is 10.2. The largest absolute Gasteiger partial charge is 0.268 e. The van der Waals surface area contributed by atoms with Crippen molar-refractivity contribution in [3.05, 3.63) is 23.8 Å². The Bertz CT molecular complexity index is 687. The molecule has 0 aliphatic carbocycles. The fourth-order valence-corrected chi connectivity index (χ4v) is 3.64. The Morgan fingerprint density at radius 3 is 2.44 bits per heavy atom. The number of rotatable bonds is 1. The van der Waals surface area contributed by atoms with Gasteiger partial charge in [-0.1, -0.05) is 6.07 Å². The van der Waals surface area contributed by atoms with Crippen LogP contribution in [-0.4, -0.2) is 29.0 Å². The third-order valence-corrected chi connectivity index (χ3v) is 4.64. The molecule has 0 saturated heterocycles. The van der Waals surface area contributed by atoms with Gasteiger partial charge in [-0.3, -0.25) is 4.79 Å². The molecule has 1 aliphatic rings. The minimum absolute atomic E-state index is 0.274. The summed E-state index contributed by atoms with van der Waals surface area (Å²) in [5.41, 5.74) is -0.301. The van der Waals surface area contributed by atoms with Gasteiger partial charge in [0.1, 0.15) is 4.90 Å². The van der Waals surface area contributed by atoms with Crippen LogP contribution in [0.25, 0.3) is 0 Å². The van der Waals surface area contributed by atoms with Crippen molar-refractivity contribution in [3.8, 4) is 0 Å². The highest BCUT2D eigenvalue weighted by Gasteiger charge is 2.36. The Morgan fingerprint density at radius 2 is 1.88 bits per heavy atom. The number of amides is 1. The van der Waals surface area contributed by atoms with Crippen LogP contribution in [0.3, 0.4) is 0 Å². The molecule has 0 saturated carbocycles. The molecular weight excluding hydrogens is 254 g/mol. The average molecular weight is 261 g/mol. The van der Waals surface area contributed by atoms with Gasteiger partial charge in [-0.2, -0.15) is 0 Å². The lowest BCUT2D eigenvalue weighted by Gasteiger charge is -2.01. The van der Waals surface area contributed by atoms with Crippen molar-refractivity contribution in [1.82, 2.24) is 4.72 Å². The highest BCUT2D eigenvalue weighted by atomic mass is 32.2. The maximum atomic E-state index is 11.4. The lowest BCUT2D eigenvalue weighted by molar-refractivity contribution is 0.0982. The normalized spacial score (nSPS) is 17.9. The predicted octanol–water partition coefficient (Wildman–Crippen LogP) is -0.478. The van der Waals surface area contributed by atoms with Crippen molar-refractivity contribution in [2.24, 2.45) is 0 Å². The molecule has 1 aliphatic heterocycles. The maximum Gasteiger partial charge on any atom is 0.267 e. The van der Waals surface area contributed by atoms with Gasteiger partial charge in [0.2, 0.25) is 0 Å². The van der Waals surface area contributed by atoms with Crippen molar-refractivity contribution in [2.75, 3.05) is 6.26 Å². The second-order valence-electron chi connectivity index (χ2n) is 3.34. The van der Waals surface area contributed by atoms with Gasteiger partial charge in [-0.15, -0.1) is 0 Å². The van der Waals surface area contributed by atoms with E-state index in [4.69, 9.17) is 0 Å². The summed E-state index contributed by atoms with van der Waals surface area (Å²) in [7, 11) is -7.54. The molecule has 16 heavy (non-hydrogen) atoms. The number of carbonyl (C=O) groups excluding carboxylic acids is 1. The topological polar surface area (TPSA) is 97.4 Å². The van der Waals surface area contributed by atoms with E-state index in [0.29, 0.717) is 0 Å². The van der Waals surface area contributed by atoms with E-state index in [9.17, 15) is 21.6 Å². The number of hydrogen-bond acceptors (Lipinski definition) is 5. The molecule has 1 N–H and O–H groups in total. The molecule has 1 aromatic carbocycles. The summed E-state index contributed by atoms with van der Waals surface area (Å²) in [5, 5.41) is 0. The molecule has 86 valence electrons. The van der Waals surface area contributed by atoms with Gasteiger partial charge < -0.3 is 0 Å². The zero-order valence-corrected chi connectivity index (χ0v) is 9.72. The van der Waals surface area contributed by atoms with Gasteiger partial charge in [0, 0.05) is 6.26 Å². The summed E-state index contributed by atoms with van der Waals surface area (Å²) in [4.78, 5) is 10.8. The summed E-state index contributed by atoms with van der Waals surface area (Å²) < 4.78 is 47.3. The molecule has 0 unspecified atom stereocenters. The molecule has 0 fully saturated rings. The lowest BCUT2D eigenvalue weighted by Crippen LogP contribution is -2.21. The highest BCUT2D eigenvalue weighted by Crippen LogP contribution is 2.28. The summed E-state index contributed by atoms with van der Waals surface area (Å²) in [5.74, 6) is -0.906. The number of benzene rings is 1. The minimum Gasteiger partial charge on any atom is -0.268 e. The molecule has 0 aromatic heterocycles. The second kappa shape index (κ2) is 3.05. The van der Waals surface area contributed by atoms with Gasteiger partial charge in [0.05, 0.1) is 10.5 Å². The Kier molecular flexibility index (Phi) is 2.11. The first-order valence-corrected chi connectivity index (χ1v) is 7.51. The van der Waals surface area contributed by atoms with E-state index < -0.39 is 25.8 Å². The fraction of sp³-hybridized carbons (Fsp3) is 0.125. The number of hydrogen-bond donors (Lipinski definition) is 1. The van der Waals surface area contributed by atoms with Gasteiger partial charge in [0.15, 0.2) is 9.84 Å². The zero-order valence-electron chi connectivity index (χ0n) is 8.09. The van der Waals surface area contributed by atoms with Crippen LogP contribution in [-0.2, 0) is 19.9 Å². The molecule has 8 heteroatoms. The van der Waals surface area contributed by atoms with E-state index in [2.05, 4.69) is 0 Å². The SMILES string of the molecule is CS(=O)(=O)c1cccc2c1C(=O)NS2(=O)=O. The molecule has 0 radical (unpaired) electrons. The number of sulfonamides is 1. The molecule has 6 nitrogen and oxygen atoms in total. The van der Waals surface area contributed by atoms with E-state index >= 15 is 0 Å². The Labute approximate surface area is 92.3 Å². The monoisotopic (exact) mass is 261 g/mol. The van der Waals surface area contributed by atoms with E-state index in [1.165, 1.54) is 18.2 Å². The third-order valence-electron chi connectivity index (χ3n) is 2.13. The number of carbonyl (C=O) groups is 1. The van der Waals surface area contributed by atoms with Gasteiger partial charge >= 0.3 is 0 Å². The van der Waals surface area contributed by atoms with Crippen molar-refractivity contribution < 1.29 is 21.6 Å². The Morgan fingerprint density at radius 1 is 1.25 bits per heavy atom. The van der Waals surface area contributed by atoms with Gasteiger partial charge in [-0.05, 0) is 12.1 Å². The van der Waals surface area contributed by atoms with Crippen molar-refractivity contribution in [3.63, 3.8) is 0 Å². The van der Waals surface area contributed by atoms with E-state index in [0.717, 1.165) is 6.26 Å². The molecule has 0 spiro atoms.